The molecule has 1 aromatic carbocycles. The number of sulfonamides is 1. The van der Waals surface area contributed by atoms with Gasteiger partial charge in [-0.2, -0.15) is 4.31 Å². The summed E-state index contributed by atoms with van der Waals surface area (Å²) in [6, 6.07) is 11.0. The fraction of sp³-hybridized carbons (Fsp3) is 0.389. The molecule has 1 fully saturated rings. The molecule has 0 unspecified atom stereocenters. The van der Waals surface area contributed by atoms with Gasteiger partial charge in [0.1, 0.15) is 9.96 Å². The zero-order chi connectivity index (χ0) is 18.6. The van der Waals surface area contributed by atoms with E-state index >= 15 is 0 Å². The Bertz CT molecular complexity index is 842. The van der Waals surface area contributed by atoms with Crippen LogP contribution in [0.2, 0.25) is 0 Å². The minimum Gasteiger partial charge on any atom is -0.484 e. The van der Waals surface area contributed by atoms with E-state index in [9.17, 15) is 13.2 Å². The van der Waals surface area contributed by atoms with Crippen LogP contribution in [0.25, 0.3) is 0 Å². The number of ether oxygens (including phenoxy) is 1. The minimum absolute atomic E-state index is 0.0369. The van der Waals surface area contributed by atoms with E-state index in [2.05, 4.69) is 6.92 Å². The first kappa shape index (κ1) is 18.9. The summed E-state index contributed by atoms with van der Waals surface area (Å²) in [5, 5.41) is 1.75. The van der Waals surface area contributed by atoms with Crippen LogP contribution in [0, 0.1) is 0 Å². The second-order valence-corrected chi connectivity index (χ2v) is 9.12. The predicted molar refractivity (Wildman–Crippen MR) is 101 cm³/mol. The smallest absolute Gasteiger partial charge is 0.260 e. The summed E-state index contributed by atoms with van der Waals surface area (Å²) in [5.41, 5.74) is 1.15. The number of aryl methyl sites for hydroxylation is 1. The topological polar surface area (TPSA) is 66.9 Å². The Kier molecular flexibility index (Phi) is 5.95. The summed E-state index contributed by atoms with van der Waals surface area (Å²) < 4.78 is 32.4. The lowest BCUT2D eigenvalue weighted by molar-refractivity contribution is -0.134. The minimum atomic E-state index is -3.45. The predicted octanol–water partition coefficient (Wildman–Crippen LogP) is 2.22. The first-order chi connectivity index (χ1) is 12.5. The number of thiophene rings is 1. The van der Waals surface area contributed by atoms with Crippen LogP contribution in [0.5, 0.6) is 5.75 Å². The summed E-state index contributed by atoms with van der Waals surface area (Å²) in [6.07, 6.45) is 0.909. The van der Waals surface area contributed by atoms with Crippen molar-refractivity contribution in [1.82, 2.24) is 9.21 Å². The fourth-order valence-corrected chi connectivity index (χ4v) is 5.37. The van der Waals surface area contributed by atoms with Crippen LogP contribution in [-0.4, -0.2) is 56.3 Å². The van der Waals surface area contributed by atoms with Crippen molar-refractivity contribution in [3.05, 3.63) is 47.3 Å². The van der Waals surface area contributed by atoms with Crippen LogP contribution in [0.4, 0.5) is 0 Å². The van der Waals surface area contributed by atoms with Gasteiger partial charge in [0.05, 0.1) is 0 Å². The van der Waals surface area contributed by atoms with E-state index in [1.165, 1.54) is 15.6 Å². The maximum atomic E-state index is 12.5. The zero-order valence-corrected chi connectivity index (χ0v) is 16.3. The van der Waals surface area contributed by atoms with Crippen LogP contribution in [-0.2, 0) is 21.2 Å². The Labute approximate surface area is 158 Å². The molecule has 1 aliphatic heterocycles. The Morgan fingerprint density at radius 3 is 2.58 bits per heavy atom. The summed E-state index contributed by atoms with van der Waals surface area (Å²) in [6.45, 7) is 3.39. The Balaban J connectivity index is 1.52. The molecule has 26 heavy (non-hydrogen) atoms. The van der Waals surface area contributed by atoms with Gasteiger partial charge in [-0.15, -0.1) is 11.3 Å². The summed E-state index contributed by atoms with van der Waals surface area (Å²) in [4.78, 5) is 14.0. The molecular weight excluding hydrogens is 372 g/mol. The molecule has 0 atom stereocenters. The summed E-state index contributed by atoms with van der Waals surface area (Å²) in [7, 11) is -3.45. The van der Waals surface area contributed by atoms with Gasteiger partial charge in [0.25, 0.3) is 15.9 Å². The van der Waals surface area contributed by atoms with Crippen molar-refractivity contribution in [3.63, 3.8) is 0 Å². The highest BCUT2D eigenvalue weighted by Crippen LogP contribution is 2.22. The molecule has 1 amide bonds. The first-order valence-electron chi connectivity index (χ1n) is 8.54. The molecule has 0 bridgehead atoms. The van der Waals surface area contributed by atoms with Gasteiger partial charge in [-0.1, -0.05) is 25.1 Å². The number of amides is 1. The molecule has 0 saturated carbocycles. The second kappa shape index (κ2) is 8.20. The van der Waals surface area contributed by atoms with Gasteiger partial charge in [0, 0.05) is 26.2 Å². The van der Waals surface area contributed by atoms with Crippen LogP contribution in [0.1, 0.15) is 12.5 Å². The van der Waals surface area contributed by atoms with Crippen LogP contribution in [0.3, 0.4) is 0 Å². The molecule has 6 nitrogen and oxygen atoms in total. The first-order valence-corrected chi connectivity index (χ1v) is 10.9. The molecule has 1 aromatic heterocycles. The van der Waals surface area contributed by atoms with Crippen molar-refractivity contribution in [3.8, 4) is 5.75 Å². The molecule has 0 spiro atoms. The normalized spacial score (nSPS) is 15.8. The number of hydrogen-bond acceptors (Lipinski definition) is 5. The number of benzene rings is 1. The number of nitrogens with zero attached hydrogens (tertiary/aromatic N) is 2. The van der Waals surface area contributed by atoms with Gasteiger partial charge in [-0.05, 0) is 35.6 Å². The van der Waals surface area contributed by atoms with Crippen molar-refractivity contribution < 1.29 is 17.9 Å². The van der Waals surface area contributed by atoms with E-state index in [0.717, 1.165) is 12.0 Å². The monoisotopic (exact) mass is 394 g/mol. The molecule has 140 valence electrons. The van der Waals surface area contributed by atoms with Crippen LogP contribution in [0.15, 0.2) is 46.0 Å². The Morgan fingerprint density at radius 2 is 1.92 bits per heavy atom. The molecule has 0 N–H and O–H groups in total. The van der Waals surface area contributed by atoms with Crippen molar-refractivity contribution >= 4 is 27.3 Å². The third-order valence-corrected chi connectivity index (χ3v) is 7.62. The van der Waals surface area contributed by atoms with Crippen LogP contribution >= 0.6 is 11.3 Å². The summed E-state index contributed by atoms with van der Waals surface area (Å²) >= 11 is 1.21. The standard InChI is InChI=1S/C18H22N2O4S2/c1-2-15-5-3-6-16(13-15)24-14-17(21)19-8-10-20(11-9-19)26(22,23)18-7-4-12-25-18/h3-7,12-13H,2,8-11,14H2,1H3. The highest BCUT2D eigenvalue weighted by atomic mass is 32.2. The molecule has 0 aliphatic carbocycles. The fourth-order valence-electron chi connectivity index (χ4n) is 2.81. The second-order valence-electron chi connectivity index (χ2n) is 6.01. The number of piperazine rings is 1. The Hall–Kier alpha value is -1.90. The molecule has 0 radical (unpaired) electrons. The maximum absolute atomic E-state index is 12.5. The molecule has 1 aliphatic rings. The molecule has 2 heterocycles. The van der Waals surface area contributed by atoms with E-state index in [1.54, 1.807) is 22.4 Å². The van der Waals surface area contributed by atoms with E-state index in [-0.39, 0.29) is 12.5 Å². The molecular formula is C18H22N2O4S2. The van der Waals surface area contributed by atoms with Crippen molar-refractivity contribution in [2.75, 3.05) is 32.8 Å². The van der Waals surface area contributed by atoms with Gasteiger partial charge in [0.2, 0.25) is 0 Å². The van der Waals surface area contributed by atoms with Gasteiger partial charge >= 0.3 is 0 Å². The van der Waals surface area contributed by atoms with Crippen LogP contribution < -0.4 is 4.74 Å². The number of carbonyl (C=O) groups excluding carboxylic acids is 1. The van der Waals surface area contributed by atoms with Crippen molar-refractivity contribution in [2.45, 2.75) is 17.6 Å². The van der Waals surface area contributed by atoms with E-state index in [0.29, 0.717) is 36.1 Å². The lowest BCUT2D eigenvalue weighted by Crippen LogP contribution is -2.51. The van der Waals surface area contributed by atoms with E-state index in [1.807, 2.05) is 24.3 Å². The quantitative estimate of drug-likeness (QED) is 0.754. The third kappa shape index (κ3) is 4.25. The average molecular weight is 395 g/mol. The highest BCUT2D eigenvalue weighted by molar-refractivity contribution is 7.91. The van der Waals surface area contributed by atoms with Gasteiger partial charge in [-0.3, -0.25) is 4.79 Å². The lowest BCUT2D eigenvalue weighted by Gasteiger charge is -2.33. The number of carbonyl (C=O) groups is 1. The van der Waals surface area contributed by atoms with E-state index < -0.39 is 10.0 Å². The van der Waals surface area contributed by atoms with Gasteiger partial charge < -0.3 is 9.64 Å². The number of rotatable bonds is 6. The summed E-state index contributed by atoms with van der Waals surface area (Å²) in [5.74, 6) is 0.552. The molecule has 2 aromatic rings. The zero-order valence-electron chi connectivity index (χ0n) is 14.6. The largest absolute Gasteiger partial charge is 0.484 e. The average Bonchev–Trinajstić information content (AvgIpc) is 3.22. The highest BCUT2D eigenvalue weighted by Gasteiger charge is 2.30. The lowest BCUT2D eigenvalue weighted by atomic mass is 10.2. The van der Waals surface area contributed by atoms with Crippen molar-refractivity contribution in [1.29, 1.82) is 0 Å². The van der Waals surface area contributed by atoms with Gasteiger partial charge in [0.15, 0.2) is 6.61 Å². The van der Waals surface area contributed by atoms with Crippen molar-refractivity contribution in [2.24, 2.45) is 0 Å². The van der Waals surface area contributed by atoms with Gasteiger partial charge in [-0.25, -0.2) is 8.42 Å². The SMILES string of the molecule is CCc1cccc(OCC(=O)N2CCN(S(=O)(=O)c3cccs3)CC2)c1. The third-order valence-electron chi connectivity index (χ3n) is 4.35. The number of hydrogen-bond donors (Lipinski definition) is 0. The molecule has 1 saturated heterocycles. The maximum Gasteiger partial charge on any atom is 0.260 e. The molecule has 3 rings (SSSR count). The molecule has 8 heteroatoms. The Morgan fingerprint density at radius 1 is 1.15 bits per heavy atom. The van der Waals surface area contributed by atoms with E-state index in [4.69, 9.17) is 4.74 Å².